The molecule has 0 saturated heterocycles. The molecule has 1 N–H and O–H groups in total. The van der Waals surface area contributed by atoms with Crippen LogP contribution in [0.1, 0.15) is 6.42 Å². The van der Waals surface area contributed by atoms with Gasteiger partial charge in [0.25, 0.3) is 0 Å². The van der Waals surface area contributed by atoms with Gasteiger partial charge >= 0.3 is 0 Å². The average Bonchev–Trinajstić information content (AvgIpc) is 2.87. The highest BCUT2D eigenvalue weighted by molar-refractivity contribution is 5.96. The van der Waals surface area contributed by atoms with Crippen LogP contribution in [0.2, 0.25) is 0 Å². The van der Waals surface area contributed by atoms with Gasteiger partial charge in [-0.15, -0.1) is 0 Å². The van der Waals surface area contributed by atoms with Crippen LogP contribution < -0.4 is 9.64 Å². The summed E-state index contributed by atoms with van der Waals surface area (Å²) in [6, 6.07) is 5.81. The van der Waals surface area contributed by atoms with E-state index in [1.165, 1.54) is 0 Å². The Morgan fingerprint density at radius 3 is 3.06 bits per heavy atom. The molecule has 5 nitrogen and oxygen atoms in total. The molecular weight excluding hydrogens is 230 g/mol. The van der Waals surface area contributed by atoms with Gasteiger partial charge in [-0.25, -0.2) is 0 Å². The second kappa shape index (κ2) is 4.18. The molecule has 0 radical (unpaired) electrons. The number of hydrogen-bond donors (Lipinski definition) is 1. The van der Waals surface area contributed by atoms with Gasteiger partial charge in [0.15, 0.2) is 0 Å². The number of rotatable bonds is 1. The van der Waals surface area contributed by atoms with E-state index < -0.39 is 0 Å². The number of carbonyl (C=O) groups is 1. The molecule has 1 aliphatic heterocycles. The Balaban J connectivity index is 2.08. The van der Waals surface area contributed by atoms with E-state index in [0.29, 0.717) is 13.0 Å². The number of nitrogens with one attached hydrogen (secondary N) is 1. The van der Waals surface area contributed by atoms with E-state index in [0.717, 1.165) is 22.6 Å². The fourth-order valence-corrected chi connectivity index (χ4v) is 2.04. The van der Waals surface area contributed by atoms with Gasteiger partial charge in [-0.05, 0) is 17.7 Å². The molecule has 2 heterocycles. The molecule has 0 aliphatic carbocycles. The molecular formula is C13H13N3O2. The van der Waals surface area contributed by atoms with Crippen molar-refractivity contribution in [2.75, 3.05) is 18.6 Å². The third-order valence-electron chi connectivity index (χ3n) is 3.10. The molecule has 3 rings (SSSR count). The molecule has 1 aromatic heterocycles. The molecule has 0 spiro atoms. The van der Waals surface area contributed by atoms with Crippen LogP contribution >= 0.6 is 0 Å². The smallest absolute Gasteiger partial charge is 0.230 e. The zero-order valence-electron chi connectivity index (χ0n) is 10.0. The highest BCUT2D eigenvalue weighted by Crippen LogP contribution is 2.34. The van der Waals surface area contributed by atoms with Gasteiger partial charge in [-0.2, -0.15) is 5.10 Å². The number of benzene rings is 1. The molecule has 1 amide bonds. The van der Waals surface area contributed by atoms with Crippen LogP contribution in [0.3, 0.4) is 0 Å². The van der Waals surface area contributed by atoms with Crippen LogP contribution in [0.4, 0.5) is 5.69 Å². The van der Waals surface area contributed by atoms with E-state index in [-0.39, 0.29) is 5.91 Å². The van der Waals surface area contributed by atoms with Crippen molar-refractivity contribution in [1.82, 2.24) is 10.2 Å². The molecule has 0 saturated carbocycles. The topological polar surface area (TPSA) is 58.2 Å². The third-order valence-corrected chi connectivity index (χ3v) is 3.10. The minimum Gasteiger partial charge on any atom is -0.491 e. The third kappa shape index (κ3) is 1.73. The second-order valence-electron chi connectivity index (χ2n) is 4.22. The normalized spacial score (nSPS) is 14.9. The first-order chi connectivity index (χ1) is 8.75. The predicted molar refractivity (Wildman–Crippen MR) is 67.5 cm³/mol. The van der Waals surface area contributed by atoms with Gasteiger partial charge in [0.05, 0.1) is 24.9 Å². The van der Waals surface area contributed by atoms with E-state index in [2.05, 4.69) is 10.2 Å². The summed E-state index contributed by atoms with van der Waals surface area (Å²) < 4.78 is 5.58. The van der Waals surface area contributed by atoms with Crippen molar-refractivity contribution in [2.24, 2.45) is 0 Å². The van der Waals surface area contributed by atoms with E-state index in [9.17, 15) is 4.79 Å². The lowest BCUT2D eigenvalue weighted by atomic mass is 10.1. The van der Waals surface area contributed by atoms with Crippen molar-refractivity contribution < 1.29 is 9.53 Å². The number of anilines is 1. The summed E-state index contributed by atoms with van der Waals surface area (Å²) in [6.45, 7) is 0.432. The maximum Gasteiger partial charge on any atom is 0.230 e. The molecule has 1 aliphatic rings. The minimum atomic E-state index is 0.0677. The van der Waals surface area contributed by atoms with Crippen LogP contribution in [-0.2, 0) is 4.79 Å². The van der Waals surface area contributed by atoms with Gasteiger partial charge in [-0.3, -0.25) is 9.89 Å². The van der Waals surface area contributed by atoms with Crippen LogP contribution in [0.25, 0.3) is 11.1 Å². The molecule has 0 atom stereocenters. The van der Waals surface area contributed by atoms with Crippen molar-refractivity contribution in [1.29, 1.82) is 0 Å². The zero-order valence-corrected chi connectivity index (χ0v) is 10.0. The predicted octanol–water partition coefficient (Wildman–Crippen LogP) is 1.82. The first-order valence-electron chi connectivity index (χ1n) is 5.78. The Labute approximate surface area is 104 Å². The van der Waals surface area contributed by atoms with Crippen molar-refractivity contribution in [3.63, 3.8) is 0 Å². The standard InChI is InChI=1S/C13H13N3O2/c1-16-11-6-9(10-7-14-15-8-10)2-3-12(11)18-5-4-13(16)17/h2-3,6-8H,4-5H2,1H3,(H,14,15). The maximum atomic E-state index is 11.8. The molecule has 5 heteroatoms. The molecule has 0 unspecified atom stereocenters. The minimum absolute atomic E-state index is 0.0677. The molecule has 18 heavy (non-hydrogen) atoms. The summed E-state index contributed by atoms with van der Waals surface area (Å²) in [5.74, 6) is 0.814. The Bertz CT molecular complexity index is 578. The molecule has 1 aromatic carbocycles. The van der Waals surface area contributed by atoms with Gasteiger partial charge in [-0.1, -0.05) is 6.07 Å². The lowest BCUT2D eigenvalue weighted by Crippen LogP contribution is -2.25. The van der Waals surface area contributed by atoms with Gasteiger partial charge < -0.3 is 9.64 Å². The van der Waals surface area contributed by atoms with Crippen molar-refractivity contribution in [2.45, 2.75) is 6.42 Å². The van der Waals surface area contributed by atoms with Gasteiger partial charge in [0.1, 0.15) is 5.75 Å². The molecule has 2 aromatic rings. The largest absolute Gasteiger partial charge is 0.491 e. The molecule has 0 bridgehead atoms. The SMILES string of the molecule is CN1C(=O)CCOc2ccc(-c3cn[nH]c3)cc21. The van der Waals surface area contributed by atoms with E-state index in [1.807, 2.05) is 24.4 Å². The summed E-state index contributed by atoms with van der Waals surface area (Å²) >= 11 is 0. The number of carbonyl (C=O) groups excluding carboxylic acids is 1. The van der Waals surface area contributed by atoms with Crippen molar-refractivity contribution in [3.8, 4) is 16.9 Å². The highest BCUT2D eigenvalue weighted by atomic mass is 16.5. The Morgan fingerprint density at radius 2 is 2.28 bits per heavy atom. The number of nitrogens with zero attached hydrogens (tertiary/aromatic N) is 2. The van der Waals surface area contributed by atoms with Gasteiger partial charge in [0, 0.05) is 18.8 Å². The number of hydrogen-bond acceptors (Lipinski definition) is 3. The maximum absolute atomic E-state index is 11.8. The quantitative estimate of drug-likeness (QED) is 0.831. The number of fused-ring (bicyclic) bond motifs is 1. The highest BCUT2D eigenvalue weighted by Gasteiger charge is 2.20. The first kappa shape index (κ1) is 10.8. The monoisotopic (exact) mass is 243 g/mol. The second-order valence-corrected chi connectivity index (χ2v) is 4.22. The summed E-state index contributed by atoms with van der Waals surface area (Å²) in [5, 5.41) is 6.71. The zero-order chi connectivity index (χ0) is 12.5. The summed E-state index contributed by atoms with van der Waals surface area (Å²) in [4.78, 5) is 13.4. The van der Waals surface area contributed by atoms with Crippen LogP contribution in [0.15, 0.2) is 30.6 Å². The lowest BCUT2D eigenvalue weighted by molar-refractivity contribution is -0.118. The average molecular weight is 243 g/mol. The van der Waals surface area contributed by atoms with Crippen molar-refractivity contribution >= 4 is 11.6 Å². The summed E-state index contributed by atoms with van der Waals surface area (Å²) in [5.41, 5.74) is 2.80. The van der Waals surface area contributed by atoms with Crippen LogP contribution in [-0.4, -0.2) is 29.8 Å². The lowest BCUT2D eigenvalue weighted by Gasteiger charge is -2.17. The first-order valence-corrected chi connectivity index (χ1v) is 5.78. The summed E-state index contributed by atoms with van der Waals surface area (Å²) in [7, 11) is 1.77. The van der Waals surface area contributed by atoms with Crippen molar-refractivity contribution in [3.05, 3.63) is 30.6 Å². The van der Waals surface area contributed by atoms with Crippen LogP contribution in [0, 0.1) is 0 Å². The number of aromatic amines is 1. The van der Waals surface area contributed by atoms with Crippen LogP contribution in [0.5, 0.6) is 5.75 Å². The molecule has 0 fully saturated rings. The number of amides is 1. The van der Waals surface area contributed by atoms with E-state index in [4.69, 9.17) is 4.74 Å². The van der Waals surface area contributed by atoms with E-state index >= 15 is 0 Å². The summed E-state index contributed by atoms with van der Waals surface area (Å²) in [6.07, 6.45) is 3.98. The van der Waals surface area contributed by atoms with E-state index in [1.54, 1.807) is 18.1 Å². The Hall–Kier alpha value is -2.30. The fraction of sp³-hybridized carbons (Fsp3) is 0.231. The number of ether oxygens (including phenoxy) is 1. The van der Waals surface area contributed by atoms with Gasteiger partial charge in [0.2, 0.25) is 5.91 Å². The Morgan fingerprint density at radius 1 is 1.39 bits per heavy atom. The molecule has 92 valence electrons. The fourth-order valence-electron chi connectivity index (χ4n) is 2.04. The Kier molecular flexibility index (Phi) is 2.51. The number of H-pyrrole nitrogens is 1. The number of aromatic nitrogens is 2.